The standard InChI is InChI=1S/C25H35N5O4/c1-6-26-23(31)27-18-9-7-17(8-10-18)21-28-20-19(14-34-25(20,5)15-24(3,4)32)22(29-21)30-11-12-33-13-16(30)2/h7-10,16,32H,6,11-15H2,1-5H3,(H2,26,27,31)/t16?,25-/m0/s1. The quantitative estimate of drug-likeness (QED) is 0.595. The number of carbonyl (C=O) groups excluding carboxylic acids is 1. The minimum Gasteiger partial charge on any atom is -0.390 e. The Morgan fingerprint density at radius 3 is 2.68 bits per heavy atom. The van der Waals surface area contributed by atoms with E-state index in [1.54, 1.807) is 13.8 Å². The number of hydrogen-bond acceptors (Lipinski definition) is 7. The Morgan fingerprint density at radius 2 is 2.03 bits per heavy atom. The van der Waals surface area contributed by atoms with E-state index in [9.17, 15) is 9.90 Å². The summed E-state index contributed by atoms with van der Waals surface area (Å²) in [5.41, 5.74) is 1.67. The van der Waals surface area contributed by atoms with E-state index in [4.69, 9.17) is 19.4 Å². The number of anilines is 2. The van der Waals surface area contributed by atoms with Crippen LogP contribution in [0, 0.1) is 0 Å². The average Bonchev–Trinajstić information content (AvgIpc) is 3.09. The van der Waals surface area contributed by atoms with Crippen molar-refractivity contribution in [3.8, 4) is 11.4 Å². The van der Waals surface area contributed by atoms with Crippen molar-refractivity contribution < 1.29 is 19.4 Å². The second-order valence-corrected chi connectivity index (χ2v) is 9.89. The molecule has 184 valence electrons. The highest BCUT2D eigenvalue weighted by Gasteiger charge is 2.44. The molecule has 1 aromatic heterocycles. The Hall–Kier alpha value is -2.75. The monoisotopic (exact) mass is 469 g/mol. The van der Waals surface area contributed by atoms with Crippen molar-refractivity contribution in [2.24, 2.45) is 0 Å². The lowest BCUT2D eigenvalue weighted by molar-refractivity contribution is -0.0812. The minimum atomic E-state index is -0.916. The number of urea groups is 1. The Bertz CT molecular complexity index is 1040. The largest absolute Gasteiger partial charge is 0.390 e. The van der Waals surface area contributed by atoms with Crippen molar-refractivity contribution in [2.45, 2.75) is 64.9 Å². The summed E-state index contributed by atoms with van der Waals surface area (Å²) in [5.74, 6) is 1.45. The summed E-state index contributed by atoms with van der Waals surface area (Å²) in [6.07, 6.45) is 0.414. The highest BCUT2D eigenvalue weighted by molar-refractivity contribution is 5.89. The molecule has 0 saturated carbocycles. The maximum Gasteiger partial charge on any atom is 0.319 e. The van der Waals surface area contributed by atoms with Crippen LogP contribution in [0.1, 0.15) is 52.3 Å². The van der Waals surface area contributed by atoms with Gasteiger partial charge in [0.2, 0.25) is 0 Å². The molecular formula is C25H35N5O4. The predicted octanol–water partition coefficient (Wildman–Crippen LogP) is 3.42. The highest BCUT2D eigenvalue weighted by Crippen LogP contribution is 2.44. The van der Waals surface area contributed by atoms with E-state index >= 15 is 0 Å². The van der Waals surface area contributed by atoms with Crippen LogP contribution in [0.4, 0.5) is 16.3 Å². The predicted molar refractivity (Wildman–Crippen MR) is 131 cm³/mol. The zero-order chi connectivity index (χ0) is 24.5. The highest BCUT2D eigenvalue weighted by atomic mass is 16.5. The third-order valence-corrected chi connectivity index (χ3v) is 6.17. The maximum atomic E-state index is 11.8. The van der Waals surface area contributed by atoms with Gasteiger partial charge in [0.25, 0.3) is 0 Å². The smallest absolute Gasteiger partial charge is 0.319 e. The van der Waals surface area contributed by atoms with E-state index < -0.39 is 11.2 Å². The Kier molecular flexibility index (Phi) is 6.80. The first-order valence-corrected chi connectivity index (χ1v) is 11.9. The number of nitrogens with zero attached hydrogens (tertiary/aromatic N) is 3. The summed E-state index contributed by atoms with van der Waals surface area (Å²) < 4.78 is 11.9. The van der Waals surface area contributed by atoms with Gasteiger partial charge < -0.3 is 30.1 Å². The number of hydrogen-bond donors (Lipinski definition) is 3. The van der Waals surface area contributed by atoms with Crippen LogP contribution in [-0.2, 0) is 21.7 Å². The normalized spacial score (nSPS) is 22.4. The molecule has 1 aromatic carbocycles. The molecule has 0 bridgehead atoms. The number of aliphatic hydroxyl groups is 1. The topological polar surface area (TPSA) is 109 Å². The summed E-state index contributed by atoms with van der Waals surface area (Å²) in [4.78, 5) is 24.0. The average molecular weight is 470 g/mol. The van der Waals surface area contributed by atoms with Crippen LogP contribution in [0.15, 0.2) is 24.3 Å². The van der Waals surface area contributed by atoms with Crippen LogP contribution in [0.2, 0.25) is 0 Å². The second kappa shape index (κ2) is 9.48. The molecule has 2 atom stereocenters. The summed E-state index contributed by atoms with van der Waals surface area (Å²) in [6.45, 7) is 12.5. The van der Waals surface area contributed by atoms with Crippen LogP contribution < -0.4 is 15.5 Å². The minimum absolute atomic E-state index is 0.172. The number of benzene rings is 1. The number of rotatable bonds is 6. The molecule has 9 nitrogen and oxygen atoms in total. The van der Waals surface area contributed by atoms with Crippen molar-refractivity contribution in [1.82, 2.24) is 15.3 Å². The van der Waals surface area contributed by atoms with Gasteiger partial charge >= 0.3 is 6.03 Å². The van der Waals surface area contributed by atoms with E-state index in [0.29, 0.717) is 44.3 Å². The molecule has 9 heteroatoms. The number of amides is 2. The number of carbonyl (C=O) groups is 1. The van der Waals surface area contributed by atoms with Gasteiger partial charge in [0.15, 0.2) is 5.82 Å². The summed E-state index contributed by atoms with van der Waals surface area (Å²) in [7, 11) is 0. The second-order valence-electron chi connectivity index (χ2n) is 9.89. The van der Waals surface area contributed by atoms with Gasteiger partial charge in [0.1, 0.15) is 11.4 Å². The molecular weight excluding hydrogens is 434 g/mol. The molecule has 2 aliphatic heterocycles. The third kappa shape index (κ3) is 5.16. The third-order valence-electron chi connectivity index (χ3n) is 6.17. The van der Waals surface area contributed by atoms with E-state index in [0.717, 1.165) is 29.2 Å². The molecule has 34 heavy (non-hydrogen) atoms. The maximum absolute atomic E-state index is 11.8. The van der Waals surface area contributed by atoms with Gasteiger partial charge in [0.05, 0.1) is 37.2 Å². The van der Waals surface area contributed by atoms with Crippen molar-refractivity contribution in [1.29, 1.82) is 0 Å². The molecule has 2 amide bonds. The number of morpholine rings is 1. The van der Waals surface area contributed by atoms with Gasteiger partial charge in [-0.3, -0.25) is 0 Å². The first-order valence-electron chi connectivity index (χ1n) is 11.9. The zero-order valence-corrected chi connectivity index (χ0v) is 20.6. The van der Waals surface area contributed by atoms with Gasteiger partial charge in [-0.2, -0.15) is 0 Å². The van der Waals surface area contributed by atoms with Crippen molar-refractivity contribution >= 4 is 17.5 Å². The molecule has 4 rings (SSSR count). The number of fused-ring (bicyclic) bond motifs is 1. The molecule has 1 unspecified atom stereocenters. The van der Waals surface area contributed by atoms with Crippen LogP contribution in [0.5, 0.6) is 0 Å². The molecule has 0 spiro atoms. The van der Waals surface area contributed by atoms with Gasteiger partial charge in [-0.1, -0.05) is 0 Å². The van der Waals surface area contributed by atoms with Gasteiger partial charge in [-0.05, 0) is 58.9 Å². The first kappa shape index (κ1) is 24.4. The molecule has 3 heterocycles. The number of nitrogens with one attached hydrogen (secondary N) is 2. The number of ether oxygens (including phenoxy) is 2. The summed E-state index contributed by atoms with van der Waals surface area (Å²) in [6, 6.07) is 7.41. The zero-order valence-electron chi connectivity index (χ0n) is 20.6. The lowest BCUT2D eigenvalue weighted by atomic mass is 9.87. The molecule has 0 aliphatic carbocycles. The van der Waals surface area contributed by atoms with Crippen molar-refractivity contribution in [3.05, 3.63) is 35.5 Å². The molecule has 0 radical (unpaired) electrons. The molecule has 1 fully saturated rings. The Labute approximate surface area is 200 Å². The lowest BCUT2D eigenvalue weighted by Gasteiger charge is -2.35. The summed E-state index contributed by atoms with van der Waals surface area (Å²) >= 11 is 0. The molecule has 3 N–H and O–H groups in total. The SMILES string of the molecule is CCNC(=O)Nc1ccc(-c2nc(N3CCOCC3C)c3c(n2)[C@](C)(CC(C)(C)O)OC3)cc1. The first-order chi connectivity index (χ1) is 16.1. The van der Waals surface area contributed by atoms with Crippen molar-refractivity contribution in [3.63, 3.8) is 0 Å². The van der Waals surface area contributed by atoms with Crippen LogP contribution in [-0.4, -0.2) is 59.1 Å². The fraction of sp³-hybridized carbons (Fsp3) is 0.560. The summed E-state index contributed by atoms with van der Waals surface area (Å²) in [5, 5.41) is 16.1. The van der Waals surface area contributed by atoms with E-state index in [-0.39, 0.29) is 12.1 Å². The molecule has 1 saturated heterocycles. The van der Waals surface area contributed by atoms with E-state index in [2.05, 4.69) is 22.5 Å². The van der Waals surface area contributed by atoms with Gasteiger partial charge in [0, 0.05) is 36.3 Å². The molecule has 2 aliphatic rings. The fourth-order valence-corrected chi connectivity index (χ4v) is 4.75. The Morgan fingerprint density at radius 1 is 1.29 bits per heavy atom. The van der Waals surface area contributed by atoms with E-state index in [1.165, 1.54) is 0 Å². The van der Waals surface area contributed by atoms with Crippen LogP contribution >= 0.6 is 0 Å². The van der Waals surface area contributed by atoms with Gasteiger partial charge in [-0.15, -0.1) is 0 Å². The fourth-order valence-electron chi connectivity index (χ4n) is 4.75. The van der Waals surface area contributed by atoms with E-state index in [1.807, 2.05) is 38.1 Å². The van der Waals surface area contributed by atoms with Gasteiger partial charge in [-0.25, -0.2) is 14.8 Å². The molecule has 2 aromatic rings. The lowest BCUT2D eigenvalue weighted by Crippen LogP contribution is -2.44. The number of aromatic nitrogens is 2. The van der Waals surface area contributed by atoms with Crippen LogP contribution in [0.3, 0.4) is 0 Å². The van der Waals surface area contributed by atoms with Crippen LogP contribution in [0.25, 0.3) is 11.4 Å². The van der Waals surface area contributed by atoms with Crippen molar-refractivity contribution in [2.75, 3.05) is 36.5 Å². The Balaban J connectivity index is 1.75.